The lowest BCUT2D eigenvalue weighted by atomic mass is 10.5. The van der Waals surface area contributed by atoms with Crippen LogP contribution in [0.3, 0.4) is 0 Å². The molecule has 9 nitrogen and oxygen atoms in total. The van der Waals surface area contributed by atoms with Crippen LogP contribution in [-0.2, 0) is 0 Å². The third-order valence-electron chi connectivity index (χ3n) is 2.56. The molecule has 1 aromatic heterocycles. The van der Waals surface area contributed by atoms with Crippen LogP contribution in [0.2, 0.25) is 0 Å². The minimum absolute atomic E-state index is 0.252. The Morgan fingerprint density at radius 3 is 2.88 bits per heavy atom. The molecule has 1 heterocycles. The minimum Gasteiger partial charge on any atom is -0.370 e. The molecular weight excluding hydrogens is 371 g/mol. The molecule has 26 heavy (non-hydrogen) atoms. The Kier molecular flexibility index (Phi) is 8.99. The van der Waals surface area contributed by atoms with Crippen LogP contribution >= 0.6 is 11.8 Å². The SMILES string of the molecule is CN=C(NC#N)NCCCSc1nccc(NC(N)=NCC(F)(F)F)n1. The van der Waals surface area contributed by atoms with E-state index in [2.05, 4.69) is 35.9 Å². The van der Waals surface area contributed by atoms with E-state index in [9.17, 15) is 13.2 Å². The smallest absolute Gasteiger partial charge is 0.370 e. The van der Waals surface area contributed by atoms with E-state index in [1.54, 1.807) is 13.2 Å². The van der Waals surface area contributed by atoms with E-state index >= 15 is 0 Å². The van der Waals surface area contributed by atoms with Crippen molar-refractivity contribution < 1.29 is 13.2 Å². The Labute approximate surface area is 152 Å². The van der Waals surface area contributed by atoms with Crippen LogP contribution in [0.5, 0.6) is 0 Å². The number of nitrogens with one attached hydrogen (secondary N) is 3. The first kappa shape index (κ1) is 21.3. The first-order valence-electron chi connectivity index (χ1n) is 7.29. The van der Waals surface area contributed by atoms with Crippen LogP contribution < -0.4 is 21.7 Å². The molecule has 0 radical (unpaired) electrons. The zero-order valence-corrected chi connectivity index (χ0v) is 14.7. The van der Waals surface area contributed by atoms with Crippen LogP contribution in [0.4, 0.5) is 19.0 Å². The molecule has 5 N–H and O–H groups in total. The van der Waals surface area contributed by atoms with Crippen molar-refractivity contribution in [2.24, 2.45) is 15.7 Å². The van der Waals surface area contributed by atoms with E-state index in [0.717, 1.165) is 6.42 Å². The number of alkyl halides is 3. The van der Waals surface area contributed by atoms with Crippen LogP contribution in [0.25, 0.3) is 0 Å². The molecule has 0 aliphatic heterocycles. The van der Waals surface area contributed by atoms with Gasteiger partial charge in [0, 0.05) is 25.5 Å². The molecule has 13 heteroatoms. The standard InChI is InChI=1S/C13H18F3N9S/c1-19-11(23-8-17)20-4-2-6-26-12-21-5-3-9(25-12)24-10(18)22-7-13(14,15)16/h3,5H,2,4,6-7H2,1H3,(H2,19,20,23)(H3,18,21,22,24,25). The topological polar surface area (TPSA) is 136 Å². The van der Waals surface area contributed by atoms with Crippen LogP contribution in [-0.4, -0.2) is 54.0 Å². The summed E-state index contributed by atoms with van der Waals surface area (Å²) in [5.41, 5.74) is 5.39. The van der Waals surface area contributed by atoms with Crippen LogP contribution in [0, 0.1) is 11.5 Å². The summed E-state index contributed by atoms with van der Waals surface area (Å²) in [7, 11) is 1.55. The number of aliphatic imine (C=N–C) groups is 2. The van der Waals surface area contributed by atoms with E-state index in [0.29, 0.717) is 23.4 Å². The van der Waals surface area contributed by atoms with Crippen molar-refractivity contribution in [3.63, 3.8) is 0 Å². The molecule has 0 fully saturated rings. The fourth-order valence-corrected chi connectivity index (χ4v) is 2.27. The molecule has 0 saturated heterocycles. The Morgan fingerprint density at radius 2 is 2.23 bits per heavy atom. The third-order valence-corrected chi connectivity index (χ3v) is 3.51. The highest BCUT2D eigenvalue weighted by Crippen LogP contribution is 2.16. The highest BCUT2D eigenvalue weighted by atomic mass is 32.2. The van der Waals surface area contributed by atoms with E-state index in [1.807, 2.05) is 0 Å². The predicted molar refractivity (Wildman–Crippen MR) is 93.7 cm³/mol. The largest absolute Gasteiger partial charge is 0.408 e. The lowest BCUT2D eigenvalue weighted by Crippen LogP contribution is -2.35. The molecule has 142 valence electrons. The highest BCUT2D eigenvalue weighted by Gasteiger charge is 2.26. The quantitative estimate of drug-likeness (QED) is 0.103. The van der Waals surface area contributed by atoms with Crippen molar-refractivity contribution in [1.82, 2.24) is 20.6 Å². The summed E-state index contributed by atoms with van der Waals surface area (Å²) < 4.78 is 36.3. The molecule has 1 rings (SSSR count). The molecule has 1 aromatic rings. The van der Waals surface area contributed by atoms with E-state index in [4.69, 9.17) is 11.0 Å². The van der Waals surface area contributed by atoms with Gasteiger partial charge < -0.3 is 16.4 Å². The number of hydrogen-bond donors (Lipinski definition) is 4. The van der Waals surface area contributed by atoms with Crippen molar-refractivity contribution in [1.29, 1.82) is 5.26 Å². The second-order valence-corrected chi connectivity index (χ2v) is 5.67. The van der Waals surface area contributed by atoms with Gasteiger partial charge in [0.2, 0.25) is 5.96 Å². The van der Waals surface area contributed by atoms with Gasteiger partial charge in [-0.25, -0.2) is 15.0 Å². The maximum absolute atomic E-state index is 12.1. The monoisotopic (exact) mass is 389 g/mol. The number of nitriles is 1. The second-order valence-electron chi connectivity index (χ2n) is 4.60. The predicted octanol–water partition coefficient (Wildman–Crippen LogP) is 0.894. The van der Waals surface area contributed by atoms with Crippen molar-refractivity contribution in [2.45, 2.75) is 17.8 Å². The molecule has 0 aromatic carbocycles. The van der Waals surface area contributed by atoms with Gasteiger partial charge in [-0.3, -0.25) is 10.3 Å². The first-order chi connectivity index (χ1) is 12.3. The number of nitrogens with two attached hydrogens (primary N) is 1. The molecular formula is C13H18F3N9S. The first-order valence-corrected chi connectivity index (χ1v) is 8.28. The lowest BCUT2D eigenvalue weighted by molar-refractivity contribution is -0.118. The average Bonchev–Trinajstić information content (AvgIpc) is 2.58. The average molecular weight is 389 g/mol. The summed E-state index contributed by atoms with van der Waals surface area (Å²) in [4.78, 5) is 15.2. The second kappa shape index (κ2) is 11.0. The van der Waals surface area contributed by atoms with Crippen LogP contribution in [0.15, 0.2) is 27.4 Å². The fourth-order valence-electron chi connectivity index (χ4n) is 1.50. The van der Waals surface area contributed by atoms with Gasteiger partial charge >= 0.3 is 6.18 Å². The van der Waals surface area contributed by atoms with Crippen molar-refractivity contribution in [3.8, 4) is 6.19 Å². The van der Waals surface area contributed by atoms with Gasteiger partial charge in [-0.2, -0.15) is 18.4 Å². The fraction of sp³-hybridized carbons (Fsp3) is 0.462. The van der Waals surface area contributed by atoms with E-state index in [1.165, 1.54) is 24.0 Å². The molecule has 0 amide bonds. The summed E-state index contributed by atoms with van der Waals surface area (Å²) >= 11 is 1.36. The zero-order valence-electron chi connectivity index (χ0n) is 13.8. The van der Waals surface area contributed by atoms with Crippen molar-refractivity contribution in [2.75, 3.05) is 31.2 Å². The maximum Gasteiger partial charge on any atom is 0.408 e. The Hall–Kier alpha value is -2.75. The molecule has 0 atom stereocenters. The van der Waals surface area contributed by atoms with Gasteiger partial charge in [0.25, 0.3) is 0 Å². The van der Waals surface area contributed by atoms with Gasteiger partial charge in [-0.05, 0) is 12.5 Å². The van der Waals surface area contributed by atoms with Gasteiger partial charge in [-0.1, -0.05) is 11.8 Å². The Bertz CT molecular complexity index is 670. The molecule has 0 bridgehead atoms. The normalized spacial score (nSPS) is 12.4. The Balaban J connectivity index is 2.41. The van der Waals surface area contributed by atoms with Crippen LogP contribution in [0.1, 0.15) is 6.42 Å². The molecule has 0 saturated carbocycles. The van der Waals surface area contributed by atoms with Crippen molar-refractivity contribution >= 4 is 29.5 Å². The highest BCUT2D eigenvalue weighted by molar-refractivity contribution is 7.99. The Morgan fingerprint density at radius 1 is 1.46 bits per heavy atom. The lowest BCUT2D eigenvalue weighted by Gasteiger charge is -2.08. The molecule has 0 unspecified atom stereocenters. The van der Waals surface area contributed by atoms with E-state index in [-0.39, 0.29) is 11.8 Å². The summed E-state index contributed by atoms with van der Waals surface area (Å²) in [6.07, 6.45) is -0.445. The molecule has 0 aliphatic rings. The van der Waals surface area contributed by atoms with E-state index < -0.39 is 12.7 Å². The maximum atomic E-state index is 12.1. The van der Waals surface area contributed by atoms with Gasteiger partial charge in [0.1, 0.15) is 12.4 Å². The number of guanidine groups is 2. The number of halogens is 3. The number of aromatic nitrogens is 2. The number of rotatable bonds is 7. The zero-order chi connectivity index (χ0) is 19.4. The van der Waals surface area contributed by atoms with Crippen molar-refractivity contribution in [3.05, 3.63) is 12.3 Å². The number of nitrogens with zero attached hydrogens (tertiary/aromatic N) is 5. The summed E-state index contributed by atoms with van der Waals surface area (Å²) in [6.45, 7) is -0.779. The molecule has 0 spiro atoms. The van der Waals surface area contributed by atoms with Gasteiger partial charge in [0.15, 0.2) is 17.3 Å². The third kappa shape index (κ3) is 9.52. The summed E-state index contributed by atoms with van der Waals surface area (Å²) in [5, 5.41) is 16.8. The number of anilines is 1. The minimum atomic E-state index is -4.42. The summed E-state index contributed by atoms with van der Waals surface area (Å²) in [6, 6.07) is 1.47. The number of hydrogen-bond acceptors (Lipinski definition) is 6. The molecule has 0 aliphatic carbocycles. The summed E-state index contributed by atoms with van der Waals surface area (Å²) in [5.74, 6) is 0.936. The van der Waals surface area contributed by atoms with Gasteiger partial charge in [-0.15, -0.1) is 0 Å². The number of thioether (sulfide) groups is 1. The van der Waals surface area contributed by atoms with Gasteiger partial charge in [0.05, 0.1) is 0 Å².